The highest BCUT2D eigenvalue weighted by Gasteiger charge is 2.10. The number of aryl methyl sites for hydroxylation is 1. The largest absolute Gasteiger partial charge is 0.478 e. The molecule has 5 nitrogen and oxygen atoms in total. The zero-order valence-electron chi connectivity index (χ0n) is 11.7. The highest BCUT2D eigenvalue weighted by atomic mass is 16.4. The molecule has 0 saturated heterocycles. The molecule has 1 aromatic heterocycles. The molecule has 5 heteroatoms. The minimum Gasteiger partial charge on any atom is -0.478 e. The fourth-order valence-corrected chi connectivity index (χ4v) is 2.01. The van der Waals surface area contributed by atoms with Gasteiger partial charge in [-0.3, -0.25) is 9.78 Å². The SMILES string of the molecule is CCc1cccnc1CNC(=O)c1cccc(C(=O)O)c1. The van der Waals surface area contributed by atoms with E-state index in [-0.39, 0.29) is 11.5 Å². The molecule has 0 aliphatic carbocycles. The molecule has 1 heterocycles. The van der Waals surface area contributed by atoms with E-state index in [1.54, 1.807) is 18.3 Å². The van der Waals surface area contributed by atoms with Crippen LogP contribution in [0.1, 0.15) is 38.9 Å². The summed E-state index contributed by atoms with van der Waals surface area (Å²) in [6, 6.07) is 9.78. The van der Waals surface area contributed by atoms with Crippen molar-refractivity contribution in [1.29, 1.82) is 0 Å². The van der Waals surface area contributed by atoms with E-state index in [0.717, 1.165) is 17.7 Å². The van der Waals surface area contributed by atoms with E-state index in [2.05, 4.69) is 10.3 Å². The average Bonchev–Trinajstić information content (AvgIpc) is 2.52. The Kier molecular flexibility index (Phi) is 4.66. The predicted molar refractivity (Wildman–Crippen MR) is 78.2 cm³/mol. The van der Waals surface area contributed by atoms with Crippen LogP contribution < -0.4 is 5.32 Å². The first kappa shape index (κ1) is 14.7. The van der Waals surface area contributed by atoms with Gasteiger partial charge in [0.25, 0.3) is 5.91 Å². The van der Waals surface area contributed by atoms with Gasteiger partial charge in [0, 0.05) is 11.8 Å². The number of carbonyl (C=O) groups excluding carboxylic acids is 1. The third-order valence-corrected chi connectivity index (χ3v) is 3.15. The molecule has 0 aliphatic heterocycles. The lowest BCUT2D eigenvalue weighted by Crippen LogP contribution is -2.24. The number of aromatic nitrogens is 1. The van der Waals surface area contributed by atoms with Crippen molar-refractivity contribution in [3.63, 3.8) is 0 Å². The van der Waals surface area contributed by atoms with Gasteiger partial charge in [-0.2, -0.15) is 0 Å². The lowest BCUT2D eigenvalue weighted by Gasteiger charge is -2.08. The van der Waals surface area contributed by atoms with Crippen molar-refractivity contribution in [3.8, 4) is 0 Å². The number of nitrogens with one attached hydrogen (secondary N) is 1. The molecule has 0 aliphatic rings. The van der Waals surface area contributed by atoms with E-state index < -0.39 is 5.97 Å². The zero-order chi connectivity index (χ0) is 15.2. The Hall–Kier alpha value is -2.69. The number of hydrogen-bond acceptors (Lipinski definition) is 3. The Morgan fingerprint density at radius 2 is 1.95 bits per heavy atom. The number of aromatic carboxylic acids is 1. The van der Waals surface area contributed by atoms with Crippen molar-refractivity contribution in [2.45, 2.75) is 19.9 Å². The fraction of sp³-hybridized carbons (Fsp3) is 0.188. The van der Waals surface area contributed by atoms with Crippen molar-refractivity contribution in [3.05, 3.63) is 65.0 Å². The topological polar surface area (TPSA) is 79.3 Å². The van der Waals surface area contributed by atoms with Crippen LogP contribution in [-0.2, 0) is 13.0 Å². The summed E-state index contributed by atoms with van der Waals surface area (Å²) in [6.07, 6.45) is 2.53. The summed E-state index contributed by atoms with van der Waals surface area (Å²) >= 11 is 0. The maximum atomic E-state index is 12.1. The van der Waals surface area contributed by atoms with Gasteiger partial charge in [0.1, 0.15) is 0 Å². The van der Waals surface area contributed by atoms with E-state index in [1.165, 1.54) is 12.1 Å². The summed E-state index contributed by atoms with van der Waals surface area (Å²) < 4.78 is 0. The molecule has 21 heavy (non-hydrogen) atoms. The smallest absolute Gasteiger partial charge is 0.335 e. The number of benzene rings is 1. The first-order chi connectivity index (χ1) is 10.1. The molecule has 0 spiro atoms. The van der Waals surface area contributed by atoms with Crippen LogP contribution in [0.2, 0.25) is 0 Å². The Morgan fingerprint density at radius 1 is 1.19 bits per heavy atom. The second-order valence-electron chi connectivity index (χ2n) is 4.53. The van der Waals surface area contributed by atoms with Crippen LogP contribution in [0.15, 0.2) is 42.6 Å². The summed E-state index contributed by atoms with van der Waals surface area (Å²) in [5, 5.41) is 11.7. The second kappa shape index (κ2) is 6.65. The molecule has 0 atom stereocenters. The van der Waals surface area contributed by atoms with Gasteiger partial charge in [-0.25, -0.2) is 4.79 Å². The predicted octanol–water partition coefficient (Wildman–Crippen LogP) is 2.27. The van der Waals surface area contributed by atoms with Crippen LogP contribution in [0, 0.1) is 0 Å². The number of carboxylic acids is 1. The van der Waals surface area contributed by atoms with Gasteiger partial charge >= 0.3 is 5.97 Å². The lowest BCUT2D eigenvalue weighted by molar-refractivity contribution is 0.0697. The van der Waals surface area contributed by atoms with Gasteiger partial charge in [-0.05, 0) is 36.2 Å². The molecule has 0 bridgehead atoms. The summed E-state index contributed by atoms with van der Waals surface area (Å²) in [7, 11) is 0. The zero-order valence-corrected chi connectivity index (χ0v) is 11.7. The monoisotopic (exact) mass is 284 g/mol. The van der Waals surface area contributed by atoms with Crippen LogP contribution in [0.4, 0.5) is 0 Å². The Balaban J connectivity index is 2.08. The molecule has 2 aromatic rings. The number of pyridine rings is 1. The van der Waals surface area contributed by atoms with Crippen molar-refractivity contribution < 1.29 is 14.7 Å². The molecule has 0 unspecified atom stereocenters. The molecule has 0 radical (unpaired) electrons. The van der Waals surface area contributed by atoms with Crippen LogP contribution in [0.25, 0.3) is 0 Å². The van der Waals surface area contributed by atoms with Crippen molar-refractivity contribution >= 4 is 11.9 Å². The lowest BCUT2D eigenvalue weighted by atomic mass is 10.1. The number of hydrogen-bond donors (Lipinski definition) is 2. The summed E-state index contributed by atoms with van der Waals surface area (Å²) in [4.78, 5) is 27.2. The quantitative estimate of drug-likeness (QED) is 0.882. The summed E-state index contributed by atoms with van der Waals surface area (Å²) in [6.45, 7) is 2.35. The van der Waals surface area contributed by atoms with E-state index in [4.69, 9.17) is 5.11 Å². The minimum atomic E-state index is -1.05. The average molecular weight is 284 g/mol. The number of amides is 1. The van der Waals surface area contributed by atoms with Gasteiger partial charge in [-0.1, -0.05) is 19.1 Å². The summed E-state index contributed by atoms with van der Waals surface area (Å²) in [5.41, 5.74) is 2.32. The van der Waals surface area contributed by atoms with E-state index in [9.17, 15) is 9.59 Å². The Labute approximate surface area is 122 Å². The number of nitrogens with zero attached hydrogens (tertiary/aromatic N) is 1. The van der Waals surface area contributed by atoms with Crippen molar-refractivity contribution in [1.82, 2.24) is 10.3 Å². The van der Waals surface area contributed by atoms with Crippen LogP contribution in [0.3, 0.4) is 0 Å². The molecule has 108 valence electrons. The molecule has 1 aromatic carbocycles. The molecular weight excluding hydrogens is 268 g/mol. The molecule has 2 rings (SSSR count). The first-order valence-corrected chi connectivity index (χ1v) is 6.66. The van der Waals surface area contributed by atoms with Gasteiger partial charge in [-0.15, -0.1) is 0 Å². The van der Waals surface area contributed by atoms with Crippen LogP contribution in [0.5, 0.6) is 0 Å². The molecular formula is C16H16N2O3. The van der Waals surface area contributed by atoms with Gasteiger partial charge < -0.3 is 10.4 Å². The number of carbonyl (C=O) groups is 2. The van der Waals surface area contributed by atoms with Gasteiger partial charge in [0.2, 0.25) is 0 Å². The molecule has 0 fully saturated rings. The molecule has 1 amide bonds. The van der Waals surface area contributed by atoms with Gasteiger partial charge in [0.05, 0.1) is 17.8 Å². The molecule has 2 N–H and O–H groups in total. The van der Waals surface area contributed by atoms with Crippen molar-refractivity contribution in [2.24, 2.45) is 0 Å². The fourth-order valence-electron chi connectivity index (χ4n) is 2.01. The maximum absolute atomic E-state index is 12.1. The third kappa shape index (κ3) is 3.66. The highest BCUT2D eigenvalue weighted by molar-refractivity contribution is 5.97. The van der Waals surface area contributed by atoms with E-state index in [0.29, 0.717) is 12.1 Å². The minimum absolute atomic E-state index is 0.0923. The first-order valence-electron chi connectivity index (χ1n) is 6.66. The number of rotatable bonds is 5. The number of carboxylic acid groups (broad SMARTS) is 1. The standard InChI is InChI=1S/C16H16N2O3/c1-2-11-7-4-8-17-14(11)10-18-15(19)12-5-3-6-13(9-12)16(20)21/h3-9H,2,10H2,1H3,(H,18,19)(H,20,21). The van der Waals surface area contributed by atoms with Crippen LogP contribution >= 0.6 is 0 Å². The van der Waals surface area contributed by atoms with Crippen molar-refractivity contribution in [2.75, 3.05) is 0 Å². The van der Waals surface area contributed by atoms with E-state index in [1.807, 2.05) is 19.1 Å². The highest BCUT2D eigenvalue weighted by Crippen LogP contribution is 2.08. The Morgan fingerprint density at radius 3 is 2.67 bits per heavy atom. The maximum Gasteiger partial charge on any atom is 0.335 e. The van der Waals surface area contributed by atoms with Crippen LogP contribution in [-0.4, -0.2) is 22.0 Å². The third-order valence-electron chi connectivity index (χ3n) is 3.15. The van der Waals surface area contributed by atoms with E-state index >= 15 is 0 Å². The molecule has 0 saturated carbocycles. The Bertz CT molecular complexity index is 668. The summed E-state index contributed by atoms with van der Waals surface area (Å²) in [5.74, 6) is -1.37. The normalized spacial score (nSPS) is 10.1. The second-order valence-corrected chi connectivity index (χ2v) is 4.53. The van der Waals surface area contributed by atoms with Gasteiger partial charge in [0.15, 0.2) is 0 Å².